The standard InChI is InChI=1S/C50H90O6/c1-4-7-10-13-16-19-21-22-23-24-25-26-27-29-31-34-37-40-43-49(52)55-46-47(45-54-48(51)42-39-36-33-30-18-15-12-9-6-3)56-50(53)44-41-38-35-32-28-20-17-14-11-8-5-2/h21-26,47H,4-20,27-46H2,1-3H3/b22-21-,24-23-,26-25-. The zero-order chi connectivity index (χ0) is 40.8. The van der Waals surface area contributed by atoms with Gasteiger partial charge in [-0.05, 0) is 44.9 Å². The Morgan fingerprint density at radius 3 is 0.982 bits per heavy atom. The Kier molecular flexibility index (Phi) is 43.4. The lowest BCUT2D eigenvalue weighted by Crippen LogP contribution is -2.30. The number of hydrogen-bond acceptors (Lipinski definition) is 6. The Labute approximate surface area is 346 Å². The van der Waals surface area contributed by atoms with Gasteiger partial charge in [0.05, 0.1) is 0 Å². The number of unbranched alkanes of at least 4 members (excludes halogenated alkanes) is 28. The van der Waals surface area contributed by atoms with Crippen molar-refractivity contribution >= 4 is 17.9 Å². The molecule has 0 N–H and O–H groups in total. The van der Waals surface area contributed by atoms with Gasteiger partial charge in [0.2, 0.25) is 0 Å². The first kappa shape index (κ1) is 53.6. The summed E-state index contributed by atoms with van der Waals surface area (Å²) >= 11 is 0. The van der Waals surface area contributed by atoms with E-state index in [1.54, 1.807) is 0 Å². The van der Waals surface area contributed by atoms with E-state index in [4.69, 9.17) is 14.2 Å². The van der Waals surface area contributed by atoms with Crippen LogP contribution in [0.5, 0.6) is 0 Å². The monoisotopic (exact) mass is 787 g/mol. The first-order valence-electron chi connectivity index (χ1n) is 24.0. The van der Waals surface area contributed by atoms with E-state index >= 15 is 0 Å². The molecule has 0 fully saturated rings. The van der Waals surface area contributed by atoms with Gasteiger partial charge in [0, 0.05) is 19.3 Å². The quantitative estimate of drug-likeness (QED) is 0.0265. The van der Waals surface area contributed by atoms with Gasteiger partial charge in [-0.1, -0.05) is 218 Å². The Balaban J connectivity index is 4.34. The highest BCUT2D eigenvalue weighted by Gasteiger charge is 2.19. The molecular weight excluding hydrogens is 697 g/mol. The fourth-order valence-corrected chi connectivity index (χ4v) is 6.80. The predicted molar refractivity (Wildman–Crippen MR) is 238 cm³/mol. The number of esters is 3. The lowest BCUT2D eigenvalue weighted by Gasteiger charge is -2.18. The van der Waals surface area contributed by atoms with Gasteiger partial charge in [-0.2, -0.15) is 0 Å². The second-order valence-electron chi connectivity index (χ2n) is 16.1. The van der Waals surface area contributed by atoms with Crippen molar-refractivity contribution in [3.8, 4) is 0 Å². The summed E-state index contributed by atoms with van der Waals surface area (Å²) in [6, 6.07) is 0. The minimum absolute atomic E-state index is 0.0757. The van der Waals surface area contributed by atoms with Crippen LogP contribution in [0.4, 0.5) is 0 Å². The second kappa shape index (κ2) is 45.3. The molecule has 0 aliphatic carbocycles. The van der Waals surface area contributed by atoms with E-state index in [-0.39, 0.29) is 31.1 Å². The first-order valence-corrected chi connectivity index (χ1v) is 24.0. The van der Waals surface area contributed by atoms with Crippen LogP contribution in [-0.4, -0.2) is 37.2 Å². The molecule has 326 valence electrons. The number of carbonyl (C=O) groups is 3. The van der Waals surface area contributed by atoms with Crippen LogP contribution in [0.3, 0.4) is 0 Å². The third kappa shape index (κ3) is 42.8. The van der Waals surface area contributed by atoms with Gasteiger partial charge in [-0.25, -0.2) is 0 Å². The molecule has 0 rings (SSSR count). The zero-order valence-electron chi connectivity index (χ0n) is 37.2. The summed E-state index contributed by atoms with van der Waals surface area (Å²) in [5, 5.41) is 0. The van der Waals surface area contributed by atoms with Crippen molar-refractivity contribution in [2.24, 2.45) is 0 Å². The van der Waals surface area contributed by atoms with E-state index < -0.39 is 6.10 Å². The van der Waals surface area contributed by atoms with Gasteiger partial charge in [-0.15, -0.1) is 0 Å². The van der Waals surface area contributed by atoms with Crippen molar-refractivity contribution in [3.05, 3.63) is 36.5 Å². The largest absolute Gasteiger partial charge is 0.462 e. The average Bonchev–Trinajstić information content (AvgIpc) is 3.19. The van der Waals surface area contributed by atoms with Crippen LogP contribution < -0.4 is 0 Å². The molecule has 6 nitrogen and oxygen atoms in total. The van der Waals surface area contributed by atoms with Gasteiger partial charge in [0.15, 0.2) is 6.10 Å². The Bertz CT molecular complexity index is 953. The van der Waals surface area contributed by atoms with Crippen molar-refractivity contribution in [1.29, 1.82) is 0 Å². The normalized spacial score (nSPS) is 12.3. The van der Waals surface area contributed by atoms with E-state index in [0.717, 1.165) is 77.0 Å². The van der Waals surface area contributed by atoms with E-state index in [1.807, 2.05) is 0 Å². The summed E-state index contributed by atoms with van der Waals surface area (Å²) in [6.07, 6.45) is 51.2. The third-order valence-electron chi connectivity index (χ3n) is 10.5. The lowest BCUT2D eigenvalue weighted by molar-refractivity contribution is -0.167. The predicted octanol–water partition coefficient (Wildman–Crippen LogP) is 15.4. The van der Waals surface area contributed by atoms with Crippen LogP contribution in [0.2, 0.25) is 0 Å². The molecule has 0 aliphatic rings. The van der Waals surface area contributed by atoms with Crippen molar-refractivity contribution in [2.75, 3.05) is 13.2 Å². The molecule has 0 heterocycles. The van der Waals surface area contributed by atoms with Gasteiger partial charge in [0.1, 0.15) is 13.2 Å². The summed E-state index contributed by atoms with van der Waals surface area (Å²) < 4.78 is 16.7. The Morgan fingerprint density at radius 1 is 0.357 bits per heavy atom. The molecular formula is C50H90O6. The van der Waals surface area contributed by atoms with E-state index in [9.17, 15) is 14.4 Å². The third-order valence-corrected chi connectivity index (χ3v) is 10.5. The molecule has 0 spiro atoms. The SMILES string of the molecule is CCCCCCC\C=C/C=C\C=C/CCCCCCCC(=O)OCC(COC(=O)CCCCCCCCCCC)OC(=O)CCCCCCCCCCCCC. The first-order chi connectivity index (χ1) is 27.5. The number of rotatable bonds is 43. The number of ether oxygens (including phenoxy) is 3. The number of allylic oxidation sites excluding steroid dienone is 6. The Hall–Kier alpha value is -2.37. The minimum atomic E-state index is -0.773. The van der Waals surface area contributed by atoms with Crippen molar-refractivity contribution < 1.29 is 28.6 Å². The fraction of sp³-hybridized carbons (Fsp3) is 0.820. The van der Waals surface area contributed by atoms with Gasteiger partial charge in [0.25, 0.3) is 0 Å². The van der Waals surface area contributed by atoms with E-state index in [2.05, 4.69) is 57.2 Å². The highest BCUT2D eigenvalue weighted by Crippen LogP contribution is 2.15. The minimum Gasteiger partial charge on any atom is -0.462 e. The maximum atomic E-state index is 12.7. The summed E-state index contributed by atoms with van der Waals surface area (Å²) in [6.45, 7) is 6.58. The highest BCUT2D eigenvalue weighted by molar-refractivity contribution is 5.71. The topological polar surface area (TPSA) is 78.9 Å². The van der Waals surface area contributed by atoms with Crippen LogP contribution in [0, 0.1) is 0 Å². The molecule has 0 aromatic rings. The molecule has 0 amide bonds. The van der Waals surface area contributed by atoms with Crippen molar-refractivity contribution in [2.45, 2.75) is 252 Å². The lowest BCUT2D eigenvalue weighted by atomic mass is 10.1. The highest BCUT2D eigenvalue weighted by atomic mass is 16.6. The number of carbonyl (C=O) groups excluding carboxylic acids is 3. The maximum absolute atomic E-state index is 12.7. The van der Waals surface area contributed by atoms with Crippen molar-refractivity contribution in [1.82, 2.24) is 0 Å². The smallest absolute Gasteiger partial charge is 0.306 e. The molecule has 6 heteroatoms. The molecule has 0 saturated heterocycles. The molecule has 1 unspecified atom stereocenters. The Morgan fingerprint density at radius 2 is 0.643 bits per heavy atom. The summed E-state index contributed by atoms with van der Waals surface area (Å²) in [7, 11) is 0. The molecule has 0 aromatic carbocycles. The molecule has 0 radical (unpaired) electrons. The number of hydrogen-bond donors (Lipinski definition) is 0. The fourth-order valence-electron chi connectivity index (χ4n) is 6.80. The second-order valence-corrected chi connectivity index (χ2v) is 16.1. The van der Waals surface area contributed by atoms with Crippen LogP contribution in [0.1, 0.15) is 245 Å². The average molecular weight is 787 g/mol. The maximum Gasteiger partial charge on any atom is 0.306 e. The van der Waals surface area contributed by atoms with E-state index in [0.29, 0.717) is 19.3 Å². The van der Waals surface area contributed by atoms with E-state index in [1.165, 1.54) is 128 Å². The molecule has 0 saturated carbocycles. The summed E-state index contributed by atoms with van der Waals surface area (Å²) in [5.74, 6) is -0.894. The van der Waals surface area contributed by atoms with Gasteiger partial charge in [-0.3, -0.25) is 14.4 Å². The van der Waals surface area contributed by atoms with Crippen LogP contribution in [0.15, 0.2) is 36.5 Å². The molecule has 0 bridgehead atoms. The van der Waals surface area contributed by atoms with Crippen LogP contribution in [-0.2, 0) is 28.6 Å². The molecule has 0 aromatic heterocycles. The van der Waals surface area contributed by atoms with Crippen LogP contribution in [0.25, 0.3) is 0 Å². The molecule has 56 heavy (non-hydrogen) atoms. The van der Waals surface area contributed by atoms with Gasteiger partial charge >= 0.3 is 17.9 Å². The summed E-state index contributed by atoms with van der Waals surface area (Å²) in [5.41, 5.74) is 0. The summed E-state index contributed by atoms with van der Waals surface area (Å²) in [4.78, 5) is 37.7. The van der Waals surface area contributed by atoms with Crippen LogP contribution >= 0.6 is 0 Å². The van der Waals surface area contributed by atoms with Gasteiger partial charge < -0.3 is 14.2 Å². The zero-order valence-corrected chi connectivity index (χ0v) is 37.2. The van der Waals surface area contributed by atoms with Crippen molar-refractivity contribution in [3.63, 3.8) is 0 Å². The molecule has 0 aliphatic heterocycles. The molecule has 1 atom stereocenters.